The summed E-state index contributed by atoms with van der Waals surface area (Å²) in [7, 11) is 3.12. The molecule has 0 atom stereocenters. The summed E-state index contributed by atoms with van der Waals surface area (Å²) in [4.78, 5) is 27.0. The van der Waals surface area contributed by atoms with Gasteiger partial charge in [-0.3, -0.25) is 14.5 Å². The molecule has 0 spiro atoms. The number of likely N-dealkylation sites (tertiary alicyclic amines) is 1. The quantitative estimate of drug-likeness (QED) is 0.636. The molecule has 0 saturated carbocycles. The maximum atomic E-state index is 12.6. The maximum absolute atomic E-state index is 12.6. The fraction of sp³-hybridized carbons (Fsp3) is 0.364. The molecule has 2 aromatic rings. The van der Waals surface area contributed by atoms with Gasteiger partial charge in [0, 0.05) is 23.4 Å². The Morgan fingerprint density at radius 2 is 1.58 bits per heavy atom. The van der Waals surface area contributed by atoms with Gasteiger partial charge in [0.1, 0.15) is 0 Å². The molecular formula is C22H25Cl2N3O4. The van der Waals surface area contributed by atoms with Crippen molar-refractivity contribution < 1.29 is 19.1 Å². The molecule has 1 aliphatic rings. The van der Waals surface area contributed by atoms with Gasteiger partial charge >= 0.3 is 0 Å². The van der Waals surface area contributed by atoms with Crippen LogP contribution in [0.3, 0.4) is 0 Å². The van der Waals surface area contributed by atoms with Gasteiger partial charge in [0.25, 0.3) is 0 Å². The molecule has 1 saturated heterocycles. The third-order valence-electron chi connectivity index (χ3n) is 5.18. The number of carbonyl (C=O) groups excluding carboxylic acids is 2. The Morgan fingerprint density at radius 3 is 2.23 bits per heavy atom. The largest absolute Gasteiger partial charge is 0.493 e. The number of piperidine rings is 1. The topological polar surface area (TPSA) is 79.9 Å². The number of halogens is 2. The summed E-state index contributed by atoms with van der Waals surface area (Å²) in [5, 5.41) is 6.59. The number of methoxy groups -OCH3 is 2. The molecule has 1 aliphatic heterocycles. The van der Waals surface area contributed by atoms with Crippen molar-refractivity contribution in [2.24, 2.45) is 5.92 Å². The number of hydrogen-bond donors (Lipinski definition) is 2. The Labute approximate surface area is 191 Å². The zero-order valence-corrected chi connectivity index (χ0v) is 18.9. The molecule has 0 bridgehead atoms. The van der Waals surface area contributed by atoms with Crippen LogP contribution in [0.2, 0.25) is 10.0 Å². The minimum Gasteiger partial charge on any atom is -0.493 e. The van der Waals surface area contributed by atoms with E-state index in [0.717, 1.165) is 0 Å². The van der Waals surface area contributed by atoms with E-state index >= 15 is 0 Å². The van der Waals surface area contributed by atoms with Gasteiger partial charge in [0.2, 0.25) is 11.8 Å². The summed E-state index contributed by atoms with van der Waals surface area (Å²) < 4.78 is 10.5. The molecule has 2 aromatic carbocycles. The van der Waals surface area contributed by atoms with Gasteiger partial charge in [-0.2, -0.15) is 0 Å². The molecule has 1 heterocycles. The van der Waals surface area contributed by atoms with E-state index in [0.29, 0.717) is 58.9 Å². The second-order valence-corrected chi connectivity index (χ2v) is 8.10. The Balaban J connectivity index is 1.47. The highest BCUT2D eigenvalue weighted by atomic mass is 35.5. The summed E-state index contributed by atoms with van der Waals surface area (Å²) in [6, 6.07) is 10.2. The number of hydrogen-bond acceptors (Lipinski definition) is 5. The van der Waals surface area contributed by atoms with Crippen molar-refractivity contribution in [3.63, 3.8) is 0 Å². The Kier molecular flexibility index (Phi) is 8.01. The van der Waals surface area contributed by atoms with Crippen molar-refractivity contribution in [1.29, 1.82) is 0 Å². The highest BCUT2D eigenvalue weighted by Crippen LogP contribution is 2.30. The van der Waals surface area contributed by atoms with Crippen LogP contribution in [0, 0.1) is 5.92 Å². The van der Waals surface area contributed by atoms with Crippen LogP contribution in [0.4, 0.5) is 11.4 Å². The Hall–Kier alpha value is -2.48. The smallest absolute Gasteiger partial charge is 0.238 e. The van der Waals surface area contributed by atoms with E-state index in [2.05, 4.69) is 10.6 Å². The van der Waals surface area contributed by atoms with Crippen LogP contribution in [0.1, 0.15) is 12.8 Å². The standard InChI is InChI=1S/C22H25Cl2N3O4/c1-30-19-6-4-16(12-20(19)31-2)26-22(29)14-7-9-27(10-8-14)13-21(28)25-15-3-5-17(23)18(24)11-15/h3-6,11-12,14H,7-10,13H2,1-2H3,(H,25,28)(H,26,29). The number of nitrogens with one attached hydrogen (secondary N) is 2. The maximum Gasteiger partial charge on any atom is 0.238 e. The molecule has 1 fully saturated rings. The van der Waals surface area contributed by atoms with Crippen LogP contribution in [-0.4, -0.2) is 50.6 Å². The average molecular weight is 466 g/mol. The fourth-order valence-corrected chi connectivity index (χ4v) is 3.79. The first kappa shape index (κ1) is 23.2. The predicted molar refractivity (Wildman–Crippen MR) is 122 cm³/mol. The lowest BCUT2D eigenvalue weighted by Crippen LogP contribution is -2.41. The zero-order chi connectivity index (χ0) is 22.4. The van der Waals surface area contributed by atoms with Gasteiger partial charge in [-0.05, 0) is 56.3 Å². The Bertz CT molecular complexity index is 946. The van der Waals surface area contributed by atoms with Crippen molar-refractivity contribution in [3.8, 4) is 11.5 Å². The molecule has 9 heteroatoms. The van der Waals surface area contributed by atoms with Gasteiger partial charge in [0.05, 0.1) is 30.8 Å². The van der Waals surface area contributed by atoms with Crippen LogP contribution in [-0.2, 0) is 9.59 Å². The van der Waals surface area contributed by atoms with Gasteiger partial charge in [-0.15, -0.1) is 0 Å². The van der Waals surface area contributed by atoms with Crippen molar-refractivity contribution >= 4 is 46.4 Å². The van der Waals surface area contributed by atoms with E-state index in [1.807, 2.05) is 4.90 Å². The lowest BCUT2D eigenvalue weighted by atomic mass is 9.95. The number of ether oxygens (including phenoxy) is 2. The van der Waals surface area contributed by atoms with Gasteiger partial charge in [-0.1, -0.05) is 23.2 Å². The minimum atomic E-state index is -0.133. The van der Waals surface area contributed by atoms with E-state index in [1.54, 1.807) is 50.6 Å². The monoisotopic (exact) mass is 465 g/mol. The lowest BCUT2D eigenvalue weighted by molar-refractivity contribution is -0.121. The third-order valence-corrected chi connectivity index (χ3v) is 5.92. The molecule has 2 amide bonds. The Morgan fingerprint density at radius 1 is 0.935 bits per heavy atom. The molecule has 0 aromatic heterocycles. The molecule has 31 heavy (non-hydrogen) atoms. The van der Waals surface area contributed by atoms with Crippen LogP contribution in [0.5, 0.6) is 11.5 Å². The molecule has 0 radical (unpaired) electrons. The number of rotatable bonds is 7. The first-order valence-electron chi connectivity index (χ1n) is 9.89. The second-order valence-electron chi connectivity index (χ2n) is 7.29. The van der Waals surface area contributed by atoms with Gasteiger partial charge in [-0.25, -0.2) is 0 Å². The summed E-state index contributed by atoms with van der Waals surface area (Å²) in [6.45, 7) is 1.59. The fourth-order valence-electron chi connectivity index (χ4n) is 3.49. The third kappa shape index (κ3) is 6.26. The van der Waals surface area contributed by atoms with Crippen molar-refractivity contribution in [3.05, 3.63) is 46.4 Å². The van der Waals surface area contributed by atoms with Crippen LogP contribution >= 0.6 is 23.2 Å². The molecule has 2 N–H and O–H groups in total. The van der Waals surface area contributed by atoms with Gasteiger partial charge < -0.3 is 20.1 Å². The number of anilines is 2. The summed E-state index contributed by atoms with van der Waals surface area (Å²) in [5.74, 6) is 0.886. The number of amides is 2. The van der Waals surface area contributed by atoms with E-state index in [4.69, 9.17) is 32.7 Å². The molecule has 166 valence electrons. The SMILES string of the molecule is COc1ccc(NC(=O)C2CCN(CC(=O)Nc3ccc(Cl)c(Cl)c3)CC2)cc1OC. The predicted octanol–water partition coefficient (Wildman–Crippen LogP) is 4.30. The highest BCUT2D eigenvalue weighted by molar-refractivity contribution is 6.42. The van der Waals surface area contributed by atoms with Crippen molar-refractivity contribution in [1.82, 2.24) is 4.90 Å². The molecule has 3 rings (SSSR count). The number of carbonyl (C=O) groups is 2. The summed E-state index contributed by atoms with van der Waals surface area (Å²) >= 11 is 11.9. The second kappa shape index (κ2) is 10.7. The van der Waals surface area contributed by atoms with E-state index in [1.165, 1.54) is 0 Å². The first-order chi connectivity index (χ1) is 14.9. The highest BCUT2D eigenvalue weighted by Gasteiger charge is 2.26. The van der Waals surface area contributed by atoms with Crippen LogP contribution in [0.15, 0.2) is 36.4 Å². The zero-order valence-electron chi connectivity index (χ0n) is 17.4. The number of nitrogens with zero attached hydrogens (tertiary/aromatic N) is 1. The van der Waals surface area contributed by atoms with Crippen LogP contribution in [0.25, 0.3) is 0 Å². The van der Waals surface area contributed by atoms with Crippen molar-refractivity contribution in [2.75, 3.05) is 44.5 Å². The minimum absolute atomic E-state index is 0.0351. The van der Waals surface area contributed by atoms with Crippen LogP contribution < -0.4 is 20.1 Å². The average Bonchev–Trinajstić information content (AvgIpc) is 2.76. The van der Waals surface area contributed by atoms with Crippen molar-refractivity contribution in [2.45, 2.75) is 12.8 Å². The van der Waals surface area contributed by atoms with E-state index < -0.39 is 0 Å². The van der Waals surface area contributed by atoms with Gasteiger partial charge in [0.15, 0.2) is 11.5 Å². The normalized spacial score (nSPS) is 14.7. The first-order valence-corrected chi connectivity index (χ1v) is 10.7. The summed E-state index contributed by atoms with van der Waals surface area (Å²) in [6.07, 6.45) is 1.36. The molecule has 0 aliphatic carbocycles. The molecular weight excluding hydrogens is 441 g/mol. The molecule has 7 nitrogen and oxygen atoms in total. The summed E-state index contributed by atoms with van der Waals surface area (Å²) in [5.41, 5.74) is 1.26. The van der Waals surface area contributed by atoms with E-state index in [-0.39, 0.29) is 24.3 Å². The number of benzene rings is 2. The van der Waals surface area contributed by atoms with E-state index in [9.17, 15) is 9.59 Å². The lowest BCUT2D eigenvalue weighted by Gasteiger charge is -2.30. The molecule has 0 unspecified atom stereocenters.